The zero-order chi connectivity index (χ0) is 50.2. The van der Waals surface area contributed by atoms with Crippen molar-refractivity contribution in [3.63, 3.8) is 0 Å². The number of para-hydroxylation sites is 1. The Kier molecular flexibility index (Phi) is 13.9. The topological polar surface area (TPSA) is 50.9 Å². The van der Waals surface area contributed by atoms with Crippen LogP contribution in [0.4, 0.5) is 0 Å². The average molecular weight is 1150 g/mol. The van der Waals surface area contributed by atoms with Crippen LogP contribution in [0.3, 0.4) is 0 Å². The fraction of sp³-hybridized carbons (Fsp3) is 0.143. The molecule has 2 heterocycles. The van der Waals surface area contributed by atoms with Crippen molar-refractivity contribution >= 4 is 11.0 Å². The fourth-order valence-electron chi connectivity index (χ4n) is 11.0. The van der Waals surface area contributed by atoms with Crippen LogP contribution in [0, 0.1) is 6.07 Å². The molecule has 1 aliphatic carbocycles. The summed E-state index contributed by atoms with van der Waals surface area (Å²) >= 11 is 0. The Morgan fingerprint density at radius 1 is 0.480 bits per heavy atom. The van der Waals surface area contributed by atoms with Crippen molar-refractivity contribution in [2.45, 2.75) is 64.2 Å². The number of hydrogen-bond donors (Lipinski definition) is 1. The van der Waals surface area contributed by atoms with Gasteiger partial charge in [-0.15, -0.1) is 23.8 Å². The molecule has 1 N–H and O–H groups in total. The smallest absolute Gasteiger partial charge is 0.148 e. The maximum atomic E-state index is 12.8. The number of pyridine rings is 1. The fourth-order valence-corrected chi connectivity index (χ4v) is 11.0. The summed E-state index contributed by atoms with van der Waals surface area (Å²) in [5, 5.41) is 12.8. The number of aromatic nitrogens is 3. The van der Waals surface area contributed by atoms with Crippen molar-refractivity contribution in [1.29, 1.82) is 0 Å². The van der Waals surface area contributed by atoms with E-state index in [-0.39, 0.29) is 32.2 Å². The third-order valence-electron chi connectivity index (χ3n) is 15.0. The monoisotopic (exact) mass is 1150 g/mol. The van der Waals surface area contributed by atoms with Gasteiger partial charge in [-0.2, -0.15) is 0 Å². The summed E-state index contributed by atoms with van der Waals surface area (Å²) in [7, 11) is 0. The molecule has 4 nitrogen and oxygen atoms in total. The first-order chi connectivity index (χ1) is 36.2. The molecule has 0 atom stereocenters. The second-order valence-corrected chi connectivity index (χ2v) is 20.9. The molecule has 2 aromatic heterocycles. The molecule has 0 aliphatic heterocycles. The molecule has 0 saturated heterocycles. The van der Waals surface area contributed by atoms with Crippen LogP contribution in [0.25, 0.3) is 106 Å². The number of phenols is 1. The summed E-state index contributed by atoms with van der Waals surface area (Å²) in [4.78, 5) is 10.8. The van der Waals surface area contributed by atoms with Gasteiger partial charge in [0.05, 0.1) is 22.3 Å². The van der Waals surface area contributed by atoms with Crippen molar-refractivity contribution in [1.82, 2.24) is 14.5 Å². The molecule has 0 spiro atoms. The average Bonchev–Trinajstić information content (AvgIpc) is 3.85. The Labute approximate surface area is 455 Å². The number of imidazole rings is 1. The molecule has 5 heteroatoms. The van der Waals surface area contributed by atoms with Gasteiger partial charge in [0, 0.05) is 44.1 Å². The Morgan fingerprint density at radius 3 is 1.69 bits per heavy atom. The van der Waals surface area contributed by atoms with Gasteiger partial charge in [0.2, 0.25) is 0 Å². The molecule has 9 aromatic carbocycles. The first-order valence-corrected chi connectivity index (χ1v) is 26.1. The van der Waals surface area contributed by atoms with E-state index in [1.165, 1.54) is 48.8 Å². The minimum Gasteiger partial charge on any atom is -0.507 e. The van der Waals surface area contributed by atoms with Crippen LogP contribution < -0.4 is 0 Å². The number of aromatic hydroxyl groups is 1. The van der Waals surface area contributed by atoms with Crippen molar-refractivity contribution < 1.29 is 26.2 Å². The zero-order valence-corrected chi connectivity index (χ0v) is 44.9. The van der Waals surface area contributed by atoms with Gasteiger partial charge in [-0.1, -0.05) is 227 Å². The molecule has 0 amide bonds. The number of phenolic OH excluding ortho intramolecular Hbond substituents is 1. The second kappa shape index (κ2) is 21.1. The molecule has 12 rings (SSSR count). The largest absolute Gasteiger partial charge is 0.507 e. The Balaban J connectivity index is 0.00000602. The summed E-state index contributed by atoms with van der Waals surface area (Å²) in [6, 6.07) is 81.0. The van der Waals surface area contributed by atoms with Crippen LogP contribution in [-0.2, 0) is 26.5 Å². The molecule has 75 heavy (non-hydrogen) atoms. The van der Waals surface area contributed by atoms with Crippen molar-refractivity contribution in [2.75, 3.05) is 0 Å². The first-order valence-electron chi connectivity index (χ1n) is 26.1. The number of nitrogens with zero attached hydrogens (tertiary/aromatic N) is 3. The minimum atomic E-state index is -0.104. The minimum absolute atomic E-state index is 0. The summed E-state index contributed by atoms with van der Waals surface area (Å²) < 4.78 is 2.26. The van der Waals surface area contributed by atoms with Gasteiger partial charge in [0.15, 0.2) is 0 Å². The van der Waals surface area contributed by atoms with Crippen LogP contribution in [-0.4, -0.2) is 19.6 Å². The number of hydrogen-bond acceptors (Lipinski definition) is 3. The van der Waals surface area contributed by atoms with Gasteiger partial charge in [0.25, 0.3) is 0 Å². The van der Waals surface area contributed by atoms with Gasteiger partial charge in [-0.3, -0.25) is 9.55 Å². The van der Waals surface area contributed by atoms with E-state index in [1.54, 1.807) is 0 Å². The molecule has 0 radical (unpaired) electrons. The number of rotatable bonds is 10. The van der Waals surface area contributed by atoms with Crippen molar-refractivity contribution in [2.24, 2.45) is 0 Å². The van der Waals surface area contributed by atoms with E-state index in [9.17, 15) is 5.11 Å². The molecule has 1 aliphatic rings. The SMILES string of the molecule is CC(C)(C)c1ccc(-n2c(-c3cc(-c4ccccc4)cc(-c4ccccc4)c3O)nc3c(-c4[c-]c(-c5cc(-c6ccc(C7CCCCC7)cc6)ccn5)cc(-c5ccccc5)c4)cccc32)c(-c2ccccc2)c1.[Pt]. The standard InChI is InChI=1S/C70H58N3O.Pt/c1-70(2,3)59-36-37-65(61(46-59)52-26-15-7-16-27-52)73-66-31-19-30-60(67(66)72-69(73)63-44-56(49-24-13-6-14-25-49)43-62(68(63)74)53-28-17-8-18-29-53)57-40-55(48-22-11-5-12-23-48)41-58(42-57)64-45-54(38-39-71-64)51-34-32-50(33-35-51)47-20-9-4-10-21-47;/h5-8,11-19,22-41,43-47,74H,4,9-10,20-21H2,1-3H3;/q-1;. The van der Waals surface area contributed by atoms with Crippen molar-refractivity contribution in [3.8, 4) is 101 Å². The van der Waals surface area contributed by atoms with Crippen LogP contribution in [0.1, 0.15) is 69.9 Å². The van der Waals surface area contributed by atoms with E-state index >= 15 is 0 Å². The van der Waals surface area contributed by atoms with Gasteiger partial charge in [0.1, 0.15) is 11.6 Å². The molecular weight excluding hydrogens is 1090 g/mol. The van der Waals surface area contributed by atoms with E-state index in [0.717, 1.165) is 89.2 Å². The third kappa shape index (κ3) is 9.96. The molecule has 11 aromatic rings. The third-order valence-corrected chi connectivity index (χ3v) is 15.0. The Morgan fingerprint density at radius 2 is 1.05 bits per heavy atom. The summed E-state index contributed by atoms with van der Waals surface area (Å²) in [5.41, 5.74) is 19.7. The maximum Gasteiger partial charge on any atom is 0.148 e. The summed E-state index contributed by atoms with van der Waals surface area (Å²) in [5.74, 6) is 1.45. The van der Waals surface area contributed by atoms with Crippen LogP contribution in [0.5, 0.6) is 5.75 Å². The van der Waals surface area contributed by atoms with E-state index in [4.69, 9.17) is 9.97 Å². The zero-order valence-electron chi connectivity index (χ0n) is 42.6. The van der Waals surface area contributed by atoms with E-state index < -0.39 is 0 Å². The van der Waals surface area contributed by atoms with Gasteiger partial charge in [-0.25, -0.2) is 4.98 Å². The molecular formula is C70H58N3OPt-. The molecule has 0 unspecified atom stereocenters. The molecule has 1 saturated carbocycles. The molecule has 0 bridgehead atoms. The van der Waals surface area contributed by atoms with Crippen LogP contribution in [0.2, 0.25) is 0 Å². The van der Waals surface area contributed by atoms with Crippen LogP contribution in [0.15, 0.2) is 225 Å². The van der Waals surface area contributed by atoms with Crippen LogP contribution >= 0.6 is 0 Å². The normalized spacial score (nSPS) is 12.9. The summed E-state index contributed by atoms with van der Waals surface area (Å²) in [6.07, 6.45) is 8.47. The van der Waals surface area contributed by atoms with E-state index in [2.05, 4.69) is 226 Å². The molecule has 370 valence electrons. The van der Waals surface area contributed by atoms with Gasteiger partial charge in [-0.05, 0) is 111 Å². The predicted octanol–water partition coefficient (Wildman–Crippen LogP) is 18.6. The first kappa shape index (κ1) is 49.3. The molecule has 1 fully saturated rings. The maximum absolute atomic E-state index is 12.8. The Hall–Kier alpha value is -7.91. The number of fused-ring (bicyclic) bond motifs is 1. The predicted molar refractivity (Wildman–Crippen MR) is 307 cm³/mol. The van der Waals surface area contributed by atoms with Gasteiger partial charge < -0.3 is 5.11 Å². The van der Waals surface area contributed by atoms with Crippen molar-refractivity contribution in [3.05, 3.63) is 242 Å². The quantitative estimate of drug-likeness (QED) is 0.139. The Bertz CT molecular complexity index is 3780. The van der Waals surface area contributed by atoms with Gasteiger partial charge >= 0.3 is 0 Å². The second-order valence-electron chi connectivity index (χ2n) is 20.9. The van der Waals surface area contributed by atoms with E-state index in [1.807, 2.05) is 30.5 Å². The summed E-state index contributed by atoms with van der Waals surface area (Å²) in [6.45, 7) is 6.77. The van der Waals surface area contributed by atoms with E-state index in [0.29, 0.717) is 17.3 Å². The number of benzene rings is 9.